The van der Waals surface area contributed by atoms with E-state index in [4.69, 9.17) is 10.9 Å². The summed E-state index contributed by atoms with van der Waals surface area (Å²) in [5.74, 6) is 2.62. The largest absolute Gasteiger partial charge is 0.327 e. The Bertz CT molecular complexity index is 230. The average Bonchev–Trinajstić information content (AvgIpc) is 2.14. The normalized spacial score (nSPS) is 12.5. The molecule has 0 spiro atoms. The molecule has 0 radical (unpaired) electrons. The standard InChI is InChI=1S/C10H19O2P/c1-6-10(4,5)9-12-13(11,7-2)8-3/h1H,7-9H2,2-5H3. The van der Waals surface area contributed by atoms with E-state index in [0.29, 0.717) is 18.9 Å². The smallest absolute Gasteiger partial charge is 0.202 e. The number of rotatable bonds is 5. The summed E-state index contributed by atoms with van der Waals surface area (Å²) in [5.41, 5.74) is -0.319. The Balaban J connectivity index is 4.17. The molecule has 0 aromatic carbocycles. The van der Waals surface area contributed by atoms with Crippen LogP contribution in [0.2, 0.25) is 0 Å². The van der Waals surface area contributed by atoms with Crippen molar-refractivity contribution >= 4 is 7.37 Å². The van der Waals surface area contributed by atoms with Gasteiger partial charge in [0, 0.05) is 17.7 Å². The van der Waals surface area contributed by atoms with Crippen molar-refractivity contribution in [2.24, 2.45) is 5.41 Å². The maximum absolute atomic E-state index is 11.8. The molecule has 13 heavy (non-hydrogen) atoms. The maximum atomic E-state index is 11.8. The summed E-state index contributed by atoms with van der Waals surface area (Å²) in [4.78, 5) is 0. The van der Waals surface area contributed by atoms with Crippen molar-refractivity contribution < 1.29 is 9.09 Å². The molecule has 0 fully saturated rings. The van der Waals surface area contributed by atoms with E-state index in [0.717, 1.165) is 0 Å². The predicted octanol–water partition coefficient (Wildman–Crippen LogP) is 2.98. The van der Waals surface area contributed by atoms with E-state index in [9.17, 15) is 4.57 Å². The Hall–Kier alpha value is -0.250. The van der Waals surface area contributed by atoms with Gasteiger partial charge >= 0.3 is 0 Å². The summed E-state index contributed by atoms with van der Waals surface area (Å²) in [6.45, 7) is 7.95. The fraction of sp³-hybridized carbons (Fsp3) is 0.800. The van der Waals surface area contributed by atoms with Gasteiger partial charge in [-0.3, -0.25) is 4.57 Å². The molecule has 0 heterocycles. The molecule has 0 aliphatic heterocycles. The molecule has 0 saturated carbocycles. The highest BCUT2D eigenvalue weighted by Crippen LogP contribution is 2.46. The Morgan fingerprint density at radius 3 is 2.15 bits per heavy atom. The van der Waals surface area contributed by atoms with E-state index in [-0.39, 0.29) is 5.41 Å². The highest BCUT2D eigenvalue weighted by molar-refractivity contribution is 7.58. The van der Waals surface area contributed by atoms with Crippen molar-refractivity contribution in [3.8, 4) is 12.3 Å². The first-order valence-electron chi connectivity index (χ1n) is 4.59. The Morgan fingerprint density at radius 2 is 1.85 bits per heavy atom. The lowest BCUT2D eigenvalue weighted by Gasteiger charge is -2.22. The second-order valence-corrected chi connectivity index (χ2v) is 6.90. The zero-order chi connectivity index (χ0) is 10.5. The lowest BCUT2D eigenvalue weighted by atomic mass is 9.97. The maximum Gasteiger partial charge on any atom is 0.202 e. The van der Waals surface area contributed by atoms with E-state index in [2.05, 4.69) is 5.92 Å². The van der Waals surface area contributed by atoms with E-state index < -0.39 is 7.37 Å². The minimum Gasteiger partial charge on any atom is -0.327 e. The molecular formula is C10H19O2P. The Morgan fingerprint density at radius 1 is 1.38 bits per heavy atom. The first-order chi connectivity index (χ1) is 5.89. The highest BCUT2D eigenvalue weighted by Gasteiger charge is 2.22. The van der Waals surface area contributed by atoms with Crippen LogP contribution in [0.15, 0.2) is 0 Å². The Kier molecular flexibility index (Phi) is 4.75. The van der Waals surface area contributed by atoms with Gasteiger partial charge in [-0.1, -0.05) is 19.8 Å². The summed E-state index contributed by atoms with van der Waals surface area (Å²) in [6.07, 6.45) is 6.47. The molecular weight excluding hydrogens is 183 g/mol. The van der Waals surface area contributed by atoms with Crippen LogP contribution in [0.4, 0.5) is 0 Å². The van der Waals surface area contributed by atoms with Crippen LogP contribution in [-0.4, -0.2) is 18.9 Å². The minimum atomic E-state index is -2.39. The van der Waals surface area contributed by atoms with Crippen LogP contribution in [0.25, 0.3) is 0 Å². The highest BCUT2D eigenvalue weighted by atomic mass is 31.2. The van der Waals surface area contributed by atoms with Crippen LogP contribution in [-0.2, 0) is 9.09 Å². The topological polar surface area (TPSA) is 26.3 Å². The van der Waals surface area contributed by atoms with Crippen LogP contribution in [0.1, 0.15) is 27.7 Å². The van der Waals surface area contributed by atoms with Gasteiger partial charge in [0.15, 0.2) is 0 Å². The van der Waals surface area contributed by atoms with Crippen molar-refractivity contribution in [1.29, 1.82) is 0 Å². The second kappa shape index (κ2) is 4.84. The van der Waals surface area contributed by atoms with E-state index in [1.807, 2.05) is 27.7 Å². The van der Waals surface area contributed by atoms with Gasteiger partial charge in [-0.2, -0.15) is 0 Å². The molecule has 0 aromatic heterocycles. The van der Waals surface area contributed by atoms with Gasteiger partial charge in [-0.25, -0.2) is 0 Å². The molecule has 3 heteroatoms. The lowest BCUT2D eigenvalue weighted by Crippen LogP contribution is -2.16. The fourth-order valence-corrected chi connectivity index (χ4v) is 2.10. The predicted molar refractivity (Wildman–Crippen MR) is 57.3 cm³/mol. The number of hydrogen-bond donors (Lipinski definition) is 0. The fourth-order valence-electron chi connectivity index (χ4n) is 0.727. The lowest BCUT2D eigenvalue weighted by molar-refractivity contribution is 0.231. The van der Waals surface area contributed by atoms with Gasteiger partial charge in [0.2, 0.25) is 7.37 Å². The summed E-state index contributed by atoms with van der Waals surface area (Å²) in [5, 5.41) is 0. The van der Waals surface area contributed by atoms with Crippen molar-refractivity contribution in [2.45, 2.75) is 27.7 Å². The second-order valence-electron chi connectivity index (χ2n) is 3.75. The zero-order valence-electron chi connectivity index (χ0n) is 8.96. The van der Waals surface area contributed by atoms with Crippen molar-refractivity contribution in [3.05, 3.63) is 0 Å². The van der Waals surface area contributed by atoms with Gasteiger partial charge in [0.05, 0.1) is 6.61 Å². The van der Waals surface area contributed by atoms with Gasteiger partial charge in [0.25, 0.3) is 0 Å². The summed E-state index contributed by atoms with van der Waals surface area (Å²) in [7, 11) is -2.39. The molecule has 0 N–H and O–H groups in total. The molecule has 0 saturated heterocycles. The SMILES string of the molecule is C#CC(C)(C)COP(=O)(CC)CC. The van der Waals surface area contributed by atoms with E-state index in [1.54, 1.807) is 0 Å². The molecule has 0 aliphatic rings. The van der Waals surface area contributed by atoms with E-state index in [1.165, 1.54) is 0 Å². The monoisotopic (exact) mass is 202 g/mol. The van der Waals surface area contributed by atoms with Gasteiger partial charge < -0.3 is 4.52 Å². The molecule has 0 amide bonds. The minimum absolute atomic E-state index is 0.319. The average molecular weight is 202 g/mol. The third-order valence-corrected chi connectivity index (χ3v) is 4.54. The zero-order valence-corrected chi connectivity index (χ0v) is 9.86. The van der Waals surface area contributed by atoms with Crippen LogP contribution >= 0.6 is 7.37 Å². The molecule has 76 valence electrons. The first kappa shape index (κ1) is 12.8. The van der Waals surface area contributed by atoms with Crippen LogP contribution in [0, 0.1) is 17.8 Å². The third-order valence-electron chi connectivity index (χ3n) is 2.02. The molecule has 0 unspecified atom stereocenters. The van der Waals surface area contributed by atoms with Gasteiger partial charge in [-0.15, -0.1) is 6.42 Å². The Labute approximate surface area is 81.5 Å². The molecule has 0 aromatic rings. The summed E-state index contributed by atoms with van der Waals surface area (Å²) >= 11 is 0. The van der Waals surface area contributed by atoms with Crippen molar-refractivity contribution in [3.63, 3.8) is 0 Å². The quantitative estimate of drug-likeness (QED) is 0.506. The molecule has 0 aliphatic carbocycles. The molecule has 0 bridgehead atoms. The van der Waals surface area contributed by atoms with Crippen LogP contribution in [0.5, 0.6) is 0 Å². The van der Waals surface area contributed by atoms with E-state index >= 15 is 0 Å². The van der Waals surface area contributed by atoms with Gasteiger partial charge in [-0.05, 0) is 13.8 Å². The number of terminal acetylenes is 1. The van der Waals surface area contributed by atoms with Crippen LogP contribution < -0.4 is 0 Å². The summed E-state index contributed by atoms with van der Waals surface area (Å²) in [6, 6.07) is 0. The number of hydrogen-bond acceptors (Lipinski definition) is 2. The summed E-state index contributed by atoms with van der Waals surface area (Å²) < 4.78 is 17.2. The van der Waals surface area contributed by atoms with Gasteiger partial charge in [0.1, 0.15) is 0 Å². The van der Waals surface area contributed by atoms with Crippen molar-refractivity contribution in [2.75, 3.05) is 18.9 Å². The molecule has 0 atom stereocenters. The third kappa shape index (κ3) is 4.50. The molecule has 0 rings (SSSR count). The van der Waals surface area contributed by atoms with Crippen LogP contribution in [0.3, 0.4) is 0 Å². The first-order valence-corrected chi connectivity index (χ1v) is 6.59. The van der Waals surface area contributed by atoms with Crippen molar-refractivity contribution in [1.82, 2.24) is 0 Å². The molecule has 2 nitrogen and oxygen atoms in total.